The quantitative estimate of drug-likeness (QED) is 0.173. The van der Waals surface area contributed by atoms with Crippen LogP contribution in [0.1, 0.15) is 33.6 Å². The molecule has 0 radical (unpaired) electrons. The van der Waals surface area contributed by atoms with Crippen LogP contribution in [0.15, 0.2) is 12.2 Å². The van der Waals surface area contributed by atoms with Gasteiger partial charge in [-0.05, 0) is 31.1 Å². The van der Waals surface area contributed by atoms with E-state index in [0.29, 0.717) is 12.2 Å². The van der Waals surface area contributed by atoms with E-state index in [1.165, 1.54) is 6.92 Å². The number of hydrogen-bond acceptors (Lipinski definition) is 8. The van der Waals surface area contributed by atoms with Crippen LogP contribution in [-0.2, 0) is 28.7 Å². The molecule has 1 saturated heterocycles. The SMILES string of the molecule is CC(C)[C@H]1NC(=O)[C@@H](CS)NC(=O)[C@@H](C)NC(=O)C[C@@H](/C=C/CCS)OC(=O)CNC1=O. The van der Waals surface area contributed by atoms with Gasteiger partial charge in [0.2, 0.25) is 23.6 Å². The van der Waals surface area contributed by atoms with Crippen molar-refractivity contribution >= 4 is 54.9 Å². The van der Waals surface area contributed by atoms with Gasteiger partial charge in [-0.25, -0.2) is 0 Å². The highest BCUT2D eigenvalue weighted by molar-refractivity contribution is 7.80. The predicted molar refractivity (Wildman–Crippen MR) is 125 cm³/mol. The van der Waals surface area contributed by atoms with Gasteiger partial charge in [0.15, 0.2) is 0 Å². The molecule has 0 aliphatic carbocycles. The maximum absolute atomic E-state index is 12.6. The molecule has 0 spiro atoms. The van der Waals surface area contributed by atoms with E-state index in [2.05, 4.69) is 46.5 Å². The highest BCUT2D eigenvalue weighted by Crippen LogP contribution is 2.06. The Bertz CT molecular complexity index is 731. The molecule has 1 heterocycles. The second-order valence-corrected chi connectivity index (χ2v) is 8.47. The molecule has 0 aromatic carbocycles. The van der Waals surface area contributed by atoms with Crippen molar-refractivity contribution in [2.24, 2.45) is 5.92 Å². The number of nitrogens with one attached hydrogen (secondary N) is 4. The normalized spacial score (nSPS) is 26.9. The number of hydrogen-bond donors (Lipinski definition) is 6. The van der Waals surface area contributed by atoms with Crippen molar-refractivity contribution in [1.29, 1.82) is 0 Å². The minimum Gasteiger partial charge on any atom is -0.456 e. The van der Waals surface area contributed by atoms with Crippen molar-refractivity contribution in [3.63, 3.8) is 0 Å². The van der Waals surface area contributed by atoms with Crippen LogP contribution < -0.4 is 21.3 Å². The van der Waals surface area contributed by atoms with E-state index in [1.807, 2.05) is 0 Å². The summed E-state index contributed by atoms with van der Waals surface area (Å²) in [7, 11) is 0. The molecule has 4 atom stereocenters. The Balaban J connectivity index is 3.13. The molecule has 0 unspecified atom stereocenters. The average molecular weight is 489 g/mol. The Morgan fingerprint density at radius 3 is 2.31 bits per heavy atom. The highest BCUT2D eigenvalue weighted by Gasteiger charge is 2.30. The van der Waals surface area contributed by atoms with E-state index in [1.54, 1.807) is 26.0 Å². The molecule has 1 aliphatic heterocycles. The van der Waals surface area contributed by atoms with Crippen molar-refractivity contribution in [2.75, 3.05) is 18.1 Å². The number of ether oxygens (including phenoxy) is 1. The molecule has 0 bridgehead atoms. The molecule has 0 aromatic rings. The first-order valence-electron chi connectivity index (χ1n) is 10.3. The average Bonchev–Trinajstić information content (AvgIpc) is 2.72. The third-order valence-electron chi connectivity index (χ3n) is 4.56. The number of allylic oxidation sites excluding steroid dienone is 1. The fraction of sp³-hybridized carbons (Fsp3) is 0.650. The molecule has 10 nitrogen and oxygen atoms in total. The molecule has 1 fully saturated rings. The Hall–Kier alpha value is -2.21. The first-order chi connectivity index (χ1) is 15.1. The van der Waals surface area contributed by atoms with Crippen molar-refractivity contribution in [2.45, 2.75) is 57.8 Å². The van der Waals surface area contributed by atoms with E-state index < -0.39 is 60.4 Å². The van der Waals surface area contributed by atoms with Gasteiger partial charge in [0.25, 0.3) is 0 Å². The molecule has 4 amide bonds. The van der Waals surface area contributed by atoms with Crippen LogP contribution in [-0.4, -0.2) is 71.9 Å². The Kier molecular flexibility index (Phi) is 12.2. The fourth-order valence-electron chi connectivity index (χ4n) is 2.78. The van der Waals surface area contributed by atoms with Gasteiger partial charge >= 0.3 is 5.97 Å². The van der Waals surface area contributed by atoms with E-state index in [4.69, 9.17) is 4.74 Å². The predicted octanol–water partition coefficient (Wildman–Crippen LogP) is -0.646. The van der Waals surface area contributed by atoms with E-state index in [9.17, 15) is 24.0 Å². The molecule has 12 heteroatoms. The summed E-state index contributed by atoms with van der Waals surface area (Å²) in [6, 6.07) is -2.91. The third-order valence-corrected chi connectivity index (χ3v) is 5.18. The van der Waals surface area contributed by atoms with Gasteiger partial charge in [-0.1, -0.05) is 19.9 Å². The second-order valence-electron chi connectivity index (χ2n) is 7.65. The molecule has 4 N–H and O–H groups in total. The summed E-state index contributed by atoms with van der Waals surface area (Å²) in [5, 5.41) is 10.1. The number of amides is 4. The summed E-state index contributed by atoms with van der Waals surface area (Å²) >= 11 is 8.21. The zero-order valence-electron chi connectivity index (χ0n) is 18.4. The summed E-state index contributed by atoms with van der Waals surface area (Å²) in [5.74, 6) is -2.78. The Labute approximate surface area is 198 Å². The second kappa shape index (κ2) is 14.0. The van der Waals surface area contributed by atoms with Crippen LogP contribution in [0, 0.1) is 5.92 Å². The molecule has 0 aromatic heterocycles. The monoisotopic (exact) mass is 488 g/mol. The number of carbonyl (C=O) groups is 5. The summed E-state index contributed by atoms with van der Waals surface area (Å²) in [6.45, 7) is 4.50. The van der Waals surface area contributed by atoms with Gasteiger partial charge in [0, 0.05) is 5.75 Å². The molecule has 32 heavy (non-hydrogen) atoms. The van der Waals surface area contributed by atoms with Crippen LogP contribution in [0.3, 0.4) is 0 Å². The summed E-state index contributed by atoms with van der Waals surface area (Å²) in [5.41, 5.74) is 0. The van der Waals surface area contributed by atoms with Crippen molar-refractivity contribution in [1.82, 2.24) is 21.3 Å². The van der Waals surface area contributed by atoms with Gasteiger partial charge in [-0.3, -0.25) is 24.0 Å². The molecular formula is C20H32N4O6S2. The summed E-state index contributed by atoms with van der Waals surface area (Å²) < 4.78 is 5.31. The zero-order valence-corrected chi connectivity index (χ0v) is 20.2. The first kappa shape index (κ1) is 27.8. The lowest BCUT2D eigenvalue weighted by molar-refractivity contribution is -0.148. The minimum atomic E-state index is -1.02. The van der Waals surface area contributed by atoms with Gasteiger partial charge in [-0.2, -0.15) is 25.3 Å². The highest BCUT2D eigenvalue weighted by atomic mass is 32.1. The summed E-state index contributed by atoms with van der Waals surface area (Å²) in [6.07, 6.45) is 2.80. The van der Waals surface area contributed by atoms with Crippen molar-refractivity contribution in [3.8, 4) is 0 Å². The molecular weight excluding hydrogens is 456 g/mol. The largest absolute Gasteiger partial charge is 0.456 e. The standard InChI is InChI=1S/C20H32N4O6S2/c1-11(2)17-20(29)21-9-16(26)30-13(6-4-5-7-31)8-15(25)22-12(3)18(27)23-14(10-32)19(28)24-17/h4,6,11-14,17,31-32H,5,7-10H2,1-3H3,(H,21,29)(H,22,25)(H,23,27)(H,24,28)/b6-4+/t12-,13-,14-,17-/m1/s1. The van der Waals surface area contributed by atoms with Gasteiger partial charge < -0.3 is 26.0 Å². The fourth-order valence-corrected chi connectivity index (χ4v) is 3.19. The van der Waals surface area contributed by atoms with Crippen LogP contribution >= 0.6 is 25.3 Å². The van der Waals surface area contributed by atoms with Crippen molar-refractivity contribution < 1.29 is 28.7 Å². The lowest BCUT2D eigenvalue weighted by Crippen LogP contribution is -2.58. The smallest absolute Gasteiger partial charge is 0.326 e. The third kappa shape index (κ3) is 9.51. The number of carbonyl (C=O) groups excluding carboxylic acids is 5. The van der Waals surface area contributed by atoms with E-state index >= 15 is 0 Å². The molecule has 0 saturated carbocycles. The maximum Gasteiger partial charge on any atom is 0.326 e. The van der Waals surface area contributed by atoms with Crippen LogP contribution in [0.5, 0.6) is 0 Å². The molecule has 180 valence electrons. The van der Waals surface area contributed by atoms with E-state index in [-0.39, 0.29) is 18.1 Å². The van der Waals surface area contributed by atoms with Crippen molar-refractivity contribution in [3.05, 3.63) is 12.2 Å². The molecule has 1 rings (SSSR count). The van der Waals surface area contributed by atoms with Gasteiger partial charge in [0.1, 0.15) is 30.8 Å². The van der Waals surface area contributed by atoms with Crippen LogP contribution in [0.25, 0.3) is 0 Å². The number of cyclic esters (lactones) is 1. The lowest BCUT2D eigenvalue weighted by Gasteiger charge is -2.26. The zero-order chi connectivity index (χ0) is 24.3. The van der Waals surface area contributed by atoms with Crippen LogP contribution in [0.4, 0.5) is 0 Å². The first-order valence-corrected chi connectivity index (χ1v) is 11.6. The van der Waals surface area contributed by atoms with E-state index in [0.717, 1.165) is 0 Å². The summed E-state index contributed by atoms with van der Waals surface area (Å²) in [4.78, 5) is 62.3. The Morgan fingerprint density at radius 2 is 1.72 bits per heavy atom. The van der Waals surface area contributed by atoms with Gasteiger partial charge in [0.05, 0.1) is 6.42 Å². The molecule has 1 aliphatic rings. The number of esters is 1. The van der Waals surface area contributed by atoms with Gasteiger partial charge in [-0.15, -0.1) is 0 Å². The maximum atomic E-state index is 12.6. The lowest BCUT2D eigenvalue weighted by atomic mass is 10.0. The number of thiol groups is 2. The minimum absolute atomic E-state index is 0.0188. The number of rotatable bonds is 5. The topological polar surface area (TPSA) is 143 Å². The van der Waals surface area contributed by atoms with Crippen LogP contribution in [0.2, 0.25) is 0 Å². The Morgan fingerprint density at radius 1 is 1.03 bits per heavy atom.